The molecule has 82 valence electrons. The number of hydrogen-bond donors (Lipinski definition) is 1. The Labute approximate surface area is 87.2 Å². The summed E-state index contributed by atoms with van der Waals surface area (Å²) in [4.78, 5) is 5.15. The molecule has 1 atom stereocenters. The standard InChI is InChI=1S/C11H23N3/c1-10-8-13(9-11-2-3-11)6-7-14(10)5-4-12/h10-11H,2-9,12H2,1H3/t10-/m0/s1. The quantitative estimate of drug-likeness (QED) is 0.706. The predicted molar refractivity (Wildman–Crippen MR) is 59.3 cm³/mol. The van der Waals surface area contributed by atoms with Crippen molar-refractivity contribution in [2.24, 2.45) is 11.7 Å². The van der Waals surface area contributed by atoms with Crippen LogP contribution in [0.3, 0.4) is 0 Å². The Bertz CT molecular complexity index is 179. The van der Waals surface area contributed by atoms with Gasteiger partial charge in [-0.15, -0.1) is 0 Å². The molecule has 1 aliphatic carbocycles. The lowest BCUT2D eigenvalue weighted by atomic mass is 10.2. The second-order valence-corrected chi connectivity index (χ2v) is 4.88. The van der Waals surface area contributed by atoms with Gasteiger partial charge in [0.15, 0.2) is 0 Å². The minimum Gasteiger partial charge on any atom is -0.329 e. The summed E-state index contributed by atoms with van der Waals surface area (Å²) in [6.45, 7) is 9.25. The monoisotopic (exact) mass is 197 g/mol. The molecule has 2 fully saturated rings. The van der Waals surface area contributed by atoms with E-state index < -0.39 is 0 Å². The van der Waals surface area contributed by atoms with Crippen molar-refractivity contribution < 1.29 is 0 Å². The normalized spacial score (nSPS) is 30.9. The molecule has 0 amide bonds. The number of nitrogens with zero attached hydrogens (tertiary/aromatic N) is 2. The first-order valence-corrected chi connectivity index (χ1v) is 5.96. The van der Waals surface area contributed by atoms with Gasteiger partial charge < -0.3 is 10.6 Å². The lowest BCUT2D eigenvalue weighted by Gasteiger charge is -2.39. The molecule has 0 spiro atoms. The molecule has 0 radical (unpaired) electrons. The summed E-state index contributed by atoms with van der Waals surface area (Å²) in [5.41, 5.74) is 5.59. The Balaban J connectivity index is 1.73. The lowest BCUT2D eigenvalue weighted by Crippen LogP contribution is -2.53. The third-order valence-corrected chi connectivity index (χ3v) is 3.48. The molecular formula is C11H23N3. The molecule has 0 aromatic carbocycles. The van der Waals surface area contributed by atoms with E-state index >= 15 is 0 Å². The summed E-state index contributed by atoms with van der Waals surface area (Å²) < 4.78 is 0. The summed E-state index contributed by atoms with van der Waals surface area (Å²) in [6.07, 6.45) is 2.94. The van der Waals surface area contributed by atoms with Crippen LogP contribution in [-0.2, 0) is 0 Å². The van der Waals surface area contributed by atoms with Crippen molar-refractivity contribution in [1.29, 1.82) is 0 Å². The van der Waals surface area contributed by atoms with Crippen LogP contribution < -0.4 is 5.73 Å². The zero-order valence-electron chi connectivity index (χ0n) is 9.28. The van der Waals surface area contributed by atoms with E-state index in [4.69, 9.17) is 5.73 Å². The predicted octanol–water partition coefficient (Wildman–Crippen LogP) is 0.361. The summed E-state index contributed by atoms with van der Waals surface area (Å²) in [6, 6.07) is 0.700. The molecule has 0 unspecified atom stereocenters. The zero-order chi connectivity index (χ0) is 9.97. The average molecular weight is 197 g/mol. The van der Waals surface area contributed by atoms with Crippen LogP contribution in [-0.4, -0.2) is 55.1 Å². The average Bonchev–Trinajstić information content (AvgIpc) is 2.94. The smallest absolute Gasteiger partial charge is 0.0195 e. The molecular weight excluding hydrogens is 174 g/mol. The van der Waals surface area contributed by atoms with E-state index in [-0.39, 0.29) is 0 Å². The molecule has 1 aliphatic heterocycles. The van der Waals surface area contributed by atoms with Crippen molar-refractivity contribution in [3.63, 3.8) is 0 Å². The number of rotatable bonds is 4. The molecule has 1 saturated carbocycles. The first-order valence-electron chi connectivity index (χ1n) is 5.96. The highest BCUT2D eigenvalue weighted by atomic mass is 15.3. The van der Waals surface area contributed by atoms with E-state index in [1.54, 1.807) is 0 Å². The van der Waals surface area contributed by atoms with E-state index in [0.29, 0.717) is 6.04 Å². The number of piperazine rings is 1. The van der Waals surface area contributed by atoms with E-state index in [2.05, 4.69) is 16.7 Å². The Hall–Kier alpha value is -0.120. The van der Waals surface area contributed by atoms with Crippen molar-refractivity contribution in [3.05, 3.63) is 0 Å². The Morgan fingerprint density at radius 3 is 2.64 bits per heavy atom. The summed E-state index contributed by atoms with van der Waals surface area (Å²) in [7, 11) is 0. The molecule has 3 nitrogen and oxygen atoms in total. The molecule has 0 aromatic heterocycles. The van der Waals surface area contributed by atoms with Gasteiger partial charge in [0, 0.05) is 45.3 Å². The van der Waals surface area contributed by atoms with E-state index in [1.807, 2.05) is 0 Å². The third kappa shape index (κ3) is 2.69. The van der Waals surface area contributed by atoms with Crippen LogP contribution in [0.5, 0.6) is 0 Å². The summed E-state index contributed by atoms with van der Waals surface area (Å²) in [5.74, 6) is 1.03. The Morgan fingerprint density at radius 1 is 1.29 bits per heavy atom. The van der Waals surface area contributed by atoms with Gasteiger partial charge in [-0.3, -0.25) is 4.90 Å². The molecule has 0 bridgehead atoms. The van der Waals surface area contributed by atoms with Gasteiger partial charge in [-0.2, -0.15) is 0 Å². The zero-order valence-corrected chi connectivity index (χ0v) is 9.28. The second kappa shape index (κ2) is 4.60. The van der Waals surface area contributed by atoms with Crippen LogP contribution in [0, 0.1) is 5.92 Å². The van der Waals surface area contributed by atoms with Crippen LogP contribution in [0.4, 0.5) is 0 Å². The Kier molecular flexibility index (Phi) is 3.42. The molecule has 14 heavy (non-hydrogen) atoms. The van der Waals surface area contributed by atoms with Gasteiger partial charge in [0.1, 0.15) is 0 Å². The highest BCUT2D eigenvalue weighted by Crippen LogP contribution is 2.30. The fraction of sp³-hybridized carbons (Fsp3) is 1.00. The van der Waals surface area contributed by atoms with Crippen LogP contribution in [0.2, 0.25) is 0 Å². The van der Waals surface area contributed by atoms with E-state index in [1.165, 1.54) is 39.0 Å². The van der Waals surface area contributed by atoms with Crippen molar-refractivity contribution in [3.8, 4) is 0 Å². The van der Waals surface area contributed by atoms with E-state index in [9.17, 15) is 0 Å². The van der Waals surface area contributed by atoms with Crippen molar-refractivity contribution in [1.82, 2.24) is 9.80 Å². The largest absolute Gasteiger partial charge is 0.329 e. The summed E-state index contributed by atoms with van der Waals surface area (Å²) >= 11 is 0. The minimum absolute atomic E-state index is 0.700. The highest BCUT2D eigenvalue weighted by molar-refractivity contribution is 4.83. The van der Waals surface area contributed by atoms with Gasteiger partial charge in [-0.05, 0) is 25.7 Å². The van der Waals surface area contributed by atoms with Gasteiger partial charge in [0.2, 0.25) is 0 Å². The van der Waals surface area contributed by atoms with Gasteiger partial charge in [-0.1, -0.05) is 0 Å². The highest BCUT2D eigenvalue weighted by Gasteiger charge is 2.28. The van der Waals surface area contributed by atoms with Crippen molar-refractivity contribution in [2.75, 3.05) is 39.3 Å². The molecule has 1 heterocycles. The topological polar surface area (TPSA) is 32.5 Å². The Morgan fingerprint density at radius 2 is 2.07 bits per heavy atom. The lowest BCUT2D eigenvalue weighted by molar-refractivity contribution is 0.0831. The molecule has 2 aliphatic rings. The van der Waals surface area contributed by atoms with Crippen LogP contribution in [0.25, 0.3) is 0 Å². The molecule has 2 N–H and O–H groups in total. The van der Waals surface area contributed by atoms with Crippen LogP contribution >= 0.6 is 0 Å². The van der Waals surface area contributed by atoms with Gasteiger partial charge in [0.25, 0.3) is 0 Å². The number of hydrogen-bond acceptors (Lipinski definition) is 3. The fourth-order valence-electron chi connectivity index (χ4n) is 2.40. The van der Waals surface area contributed by atoms with Gasteiger partial charge in [0.05, 0.1) is 0 Å². The maximum atomic E-state index is 5.59. The maximum absolute atomic E-state index is 5.59. The molecule has 3 heteroatoms. The molecule has 2 rings (SSSR count). The second-order valence-electron chi connectivity index (χ2n) is 4.88. The minimum atomic E-state index is 0.700. The van der Waals surface area contributed by atoms with Crippen LogP contribution in [0.15, 0.2) is 0 Å². The maximum Gasteiger partial charge on any atom is 0.0195 e. The molecule has 1 saturated heterocycles. The first kappa shape index (κ1) is 10.4. The summed E-state index contributed by atoms with van der Waals surface area (Å²) in [5, 5.41) is 0. The van der Waals surface area contributed by atoms with Crippen molar-refractivity contribution >= 4 is 0 Å². The SMILES string of the molecule is C[C@H]1CN(CC2CC2)CCN1CCN. The van der Waals surface area contributed by atoms with Gasteiger partial charge >= 0.3 is 0 Å². The third-order valence-electron chi connectivity index (χ3n) is 3.48. The van der Waals surface area contributed by atoms with Gasteiger partial charge in [-0.25, -0.2) is 0 Å². The molecule has 0 aromatic rings. The fourth-order valence-corrected chi connectivity index (χ4v) is 2.40. The first-order chi connectivity index (χ1) is 6.79. The van der Waals surface area contributed by atoms with E-state index in [0.717, 1.165) is 19.0 Å². The van der Waals surface area contributed by atoms with Crippen molar-refractivity contribution in [2.45, 2.75) is 25.8 Å². The van der Waals surface area contributed by atoms with Crippen LogP contribution in [0.1, 0.15) is 19.8 Å². The number of nitrogens with two attached hydrogens (primary N) is 1.